The number of hydrogen-bond donors (Lipinski definition) is 0. The number of hydrogen-bond acceptors (Lipinski definition) is 3. The van der Waals surface area contributed by atoms with Crippen LogP contribution < -0.4 is 0 Å². The minimum atomic E-state index is -3.23. The second-order valence-electron chi connectivity index (χ2n) is 6.62. The fourth-order valence-electron chi connectivity index (χ4n) is 3.53. The largest absolute Gasteiger partial charge is 0.299 e. The molecule has 1 saturated heterocycles. The van der Waals surface area contributed by atoms with E-state index in [1.54, 1.807) is 0 Å². The van der Waals surface area contributed by atoms with Crippen molar-refractivity contribution in [2.75, 3.05) is 18.8 Å². The molecule has 1 aliphatic heterocycles. The monoisotopic (exact) mass is 321 g/mol. The molecule has 0 radical (unpaired) electrons. The van der Waals surface area contributed by atoms with E-state index in [4.69, 9.17) is 0 Å². The van der Waals surface area contributed by atoms with Crippen LogP contribution in [-0.2, 0) is 27.7 Å². The summed E-state index contributed by atoms with van der Waals surface area (Å²) in [6.45, 7) is 2.53. The highest BCUT2D eigenvalue weighted by Crippen LogP contribution is 2.29. The molecule has 1 aromatic rings. The van der Waals surface area contributed by atoms with Crippen molar-refractivity contribution in [3.8, 4) is 0 Å². The lowest BCUT2D eigenvalue weighted by atomic mass is 10.0. The van der Waals surface area contributed by atoms with Crippen molar-refractivity contribution >= 4 is 15.8 Å². The summed E-state index contributed by atoms with van der Waals surface area (Å²) in [6.07, 6.45) is 3.03. The number of piperidine rings is 1. The van der Waals surface area contributed by atoms with Gasteiger partial charge in [-0.3, -0.25) is 4.79 Å². The Morgan fingerprint density at radius 1 is 1.18 bits per heavy atom. The van der Waals surface area contributed by atoms with Crippen LogP contribution in [0, 0.1) is 11.8 Å². The Hall–Kier alpha value is -1.20. The van der Waals surface area contributed by atoms with Crippen molar-refractivity contribution in [1.29, 1.82) is 0 Å². The summed E-state index contributed by atoms with van der Waals surface area (Å²) in [6, 6.07) is 8.37. The van der Waals surface area contributed by atoms with Gasteiger partial charge in [0.15, 0.2) is 0 Å². The topological polar surface area (TPSA) is 54.5 Å². The molecule has 5 heteroatoms. The molecule has 1 fully saturated rings. The van der Waals surface area contributed by atoms with Crippen LogP contribution >= 0.6 is 0 Å². The Labute approximate surface area is 132 Å². The van der Waals surface area contributed by atoms with Crippen LogP contribution in [0.4, 0.5) is 0 Å². The molecule has 0 saturated carbocycles. The zero-order chi connectivity index (χ0) is 15.7. The Bertz CT molecular complexity index is 643. The second kappa shape index (κ2) is 6.13. The summed E-state index contributed by atoms with van der Waals surface area (Å²) < 4.78 is 26.5. The lowest BCUT2D eigenvalue weighted by Gasteiger charge is -2.29. The molecule has 0 amide bonds. The molecule has 1 aliphatic carbocycles. The van der Waals surface area contributed by atoms with Gasteiger partial charge in [0.2, 0.25) is 10.0 Å². The van der Waals surface area contributed by atoms with Gasteiger partial charge in [0.1, 0.15) is 5.78 Å². The number of carbonyl (C=O) groups excluding carboxylic acids is 1. The number of carbonyl (C=O) groups is 1. The number of Topliss-reactive ketones (excluding diaryl/α,β-unsaturated/α-hetero) is 1. The fraction of sp³-hybridized carbons (Fsp3) is 0.588. The van der Waals surface area contributed by atoms with E-state index in [2.05, 4.69) is 12.1 Å². The molecular weight excluding hydrogens is 298 g/mol. The predicted octanol–water partition coefficient (Wildman–Crippen LogP) is 2.03. The van der Waals surface area contributed by atoms with E-state index >= 15 is 0 Å². The van der Waals surface area contributed by atoms with Gasteiger partial charge >= 0.3 is 0 Å². The molecule has 0 bridgehead atoms. The van der Waals surface area contributed by atoms with E-state index in [0.29, 0.717) is 31.8 Å². The maximum absolute atomic E-state index is 12.5. The summed E-state index contributed by atoms with van der Waals surface area (Å²) in [7, 11) is -3.23. The maximum atomic E-state index is 12.5. The standard InChI is InChI=1S/C17H23NO3S/c1-13-12-18(8-6-17(13)19)22(20,21)9-7-14-10-15-4-2-3-5-16(15)11-14/h2-5,13-14H,6-12H2,1H3. The van der Waals surface area contributed by atoms with Gasteiger partial charge in [-0.05, 0) is 36.3 Å². The molecule has 3 rings (SSSR count). The summed E-state index contributed by atoms with van der Waals surface area (Å²) in [5, 5.41) is 0. The highest BCUT2D eigenvalue weighted by Gasteiger charge is 2.32. The molecule has 1 aromatic carbocycles. The lowest BCUT2D eigenvalue weighted by Crippen LogP contribution is -2.44. The van der Waals surface area contributed by atoms with Crippen molar-refractivity contribution in [3.05, 3.63) is 35.4 Å². The second-order valence-corrected chi connectivity index (χ2v) is 8.71. The number of fused-ring (bicyclic) bond motifs is 1. The van der Waals surface area contributed by atoms with Crippen LogP contribution in [0.25, 0.3) is 0 Å². The molecular formula is C17H23NO3S. The third-order valence-electron chi connectivity index (χ3n) is 4.95. The first kappa shape index (κ1) is 15.7. The molecule has 0 N–H and O–H groups in total. The molecule has 1 atom stereocenters. The number of nitrogens with zero attached hydrogens (tertiary/aromatic N) is 1. The van der Waals surface area contributed by atoms with Crippen LogP contribution in [-0.4, -0.2) is 37.3 Å². The van der Waals surface area contributed by atoms with Crippen molar-refractivity contribution < 1.29 is 13.2 Å². The Morgan fingerprint density at radius 2 is 1.82 bits per heavy atom. The Balaban J connectivity index is 1.56. The number of sulfonamides is 1. The lowest BCUT2D eigenvalue weighted by molar-refractivity contribution is -0.124. The molecule has 0 aromatic heterocycles. The highest BCUT2D eigenvalue weighted by atomic mass is 32.2. The number of ketones is 1. The molecule has 22 heavy (non-hydrogen) atoms. The summed E-state index contributed by atoms with van der Waals surface area (Å²) in [5.74, 6) is 0.639. The zero-order valence-electron chi connectivity index (χ0n) is 13.0. The Kier molecular flexibility index (Phi) is 4.37. The van der Waals surface area contributed by atoms with Crippen molar-refractivity contribution in [1.82, 2.24) is 4.31 Å². The molecule has 4 nitrogen and oxygen atoms in total. The first-order chi connectivity index (χ1) is 10.5. The van der Waals surface area contributed by atoms with E-state index in [1.807, 2.05) is 19.1 Å². The van der Waals surface area contributed by atoms with E-state index < -0.39 is 10.0 Å². The quantitative estimate of drug-likeness (QED) is 0.853. The molecule has 0 spiro atoms. The van der Waals surface area contributed by atoms with Crippen LogP contribution in [0.2, 0.25) is 0 Å². The van der Waals surface area contributed by atoms with Crippen molar-refractivity contribution in [2.24, 2.45) is 11.8 Å². The van der Waals surface area contributed by atoms with Crippen molar-refractivity contribution in [3.63, 3.8) is 0 Å². The minimum Gasteiger partial charge on any atom is -0.299 e. The molecule has 1 heterocycles. The third kappa shape index (κ3) is 3.25. The average Bonchev–Trinajstić information content (AvgIpc) is 2.91. The molecule has 2 aliphatic rings. The van der Waals surface area contributed by atoms with Gasteiger partial charge in [0.05, 0.1) is 5.75 Å². The third-order valence-corrected chi connectivity index (χ3v) is 6.82. The van der Waals surface area contributed by atoms with Crippen LogP contribution in [0.1, 0.15) is 30.9 Å². The summed E-state index contributed by atoms with van der Waals surface area (Å²) in [5.41, 5.74) is 2.73. The fourth-order valence-corrected chi connectivity index (χ4v) is 5.24. The summed E-state index contributed by atoms with van der Waals surface area (Å²) in [4.78, 5) is 11.5. The predicted molar refractivity (Wildman–Crippen MR) is 86.1 cm³/mol. The Morgan fingerprint density at radius 3 is 2.41 bits per heavy atom. The van der Waals surface area contributed by atoms with Crippen LogP contribution in [0.5, 0.6) is 0 Å². The van der Waals surface area contributed by atoms with Gasteiger partial charge in [-0.25, -0.2) is 12.7 Å². The van der Waals surface area contributed by atoms with Gasteiger partial charge in [-0.15, -0.1) is 0 Å². The molecule has 120 valence electrons. The average molecular weight is 321 g/mol. The van der Waals surface area contributed by atoms with Gasteiger partial charge in [-0.1, -0.05) is 31.2 Å². The first-order valence-corrected chi connectivity index (χ1v) is 9.64. The van der Waals surface area contributed by atoms with Crippen molar-refractivity contribution in [2.45, 2.75) is 32.6 Å². The van der Waals surface area contributed by atoms with Crippen LogP contribution in [0.15, 0.2) is 24.3 Å². The van der Waals surface area contributed by atoms with Crippen LogP contribution in [0.3, 0.4) is 0 Å². The SMILES string of the molecule is CC1CN(S(=O)(=O)CCC2Cc3ccccc3C2)CCC1=O. The van der Waals surface area contributed by atoms with E-state index in [-0.39, 0.29) is 17.5 Å². The zero-order valence-corrected chi connectivity index (χ0v) is 13.8. The van der Waals surface area contributed by atoms with Gasteiger partial charge in [0, 0.05) is 25.4 Å². The maximum Gasteiger partial charge on any atom is 0.214 e. The van der Waals surface area contributed by atoms with E-state index in [9.17, 15) is 13.2 Å². The van der Waals surface area contributed by atoms with Gasteiger partial charge in [-0.2, -0.15) is 0 Å². The van der Waals surface area contributed by atoms with E-state index in [1.165, 1.54) is 15.4 Å². The summed E-state index contributed by atoms with van der Waals surface area (Å²) >= 11 is 0. The first-order valence-electron chi connectivity index (χ1n) is 8.03. The normalized spacial score (nSPS) is 23.7. The number of rotatable bonds is 4. The highest BCUT2D eigenvalue weighted by molar-refractivity contribution is 7.89. The minimum absolute atomic E-state index is 0.167. The smallest absolute Gasteiger partial charge is 0.214 e. The number of benzene rings is 1. The van der Waals surface area contributed by atoms with E-state index in [0.717, 1.165) is 12.8 Å². The van der Waals surface area contributed by atoms with Gasteiger partial charge < -0.3 is 0 Å². The van der Waals surface area contributed by atoms with Gasteiger partial charge in [0.25, 0.3) is 0 Å². The molecule has 1 unspecified atom stereocenters.